The van der Waals surface area contributed by atoms with E-state index >= 15 is 0 Å². The van der Waals surface area contributed by atoms with Gasteiger partial charge in [-0.05, 0) is 44.9 Å². The second-order valence-electron chi connectivity index (χ2n) is 16.9. The third-order valence-electron chi connectivity index (χ3n) is 11.3. The number of aliphatic hydroxyl groups excluding tert-OH is 3. The molecule has 0 aromatic heterocycles. The standard InChI is InChI=1S/C47H94N4O6/c1-4-7-9-23-29-43(53)31-25-19-15-11-13-17-21-27-33-45(55)48-35-38-51(40-37-50-47(57)41-42(52)6-3)39-36-49-46(56)34-28-22-18-14-12-16-20-26-32-44(54)30-24-10-8-5-2/h42-44,52-54H,4-41H2,1-3H3,(H,48,55)(H,49,56)(H,50,57). The zero-order valence-electron chi connectivity index (χ0n) is 37.6. The predicted octanol–water partition coefficient (Wildman–Crippen LogP) is 9.26. The second kappa shape index (κ2) is 42.4. The lowest BCUT2D eigenvalue weighted by molar-refractivity contribution is -0.123. The number of aliphatic hydroxyl groups is 3. The number of hydrogen-bond donors (Lipinski definition) is 6. The molecule has 0 bridgehead atoms. The summed E-state index contributed by atoms with van der Waals surface area (Å²) in [5.74, 6) is -0.0269. The second-order valence-corrected chi connectivity index (χ2v) is 16.9. The first-order valence-corrected chi connectivity index (χ1v) is 24.3. The fourth-order valence-electron chi connectivity index (χ4n) is 7.36. The molecule has 0 aliphatic rings. The summed E-state index contributed by atoms with van der Waals surface area (Å²) in [5.41, 5.74) is 0. The number of hydrogen-bond acceptors (Lipinski definition) is 7. The molecular weight excluding hydrogens is 717 g/mol. The lowest BCUT2D eigenvalue weighted by Crippen LogP contribution is -2.43. The van der Waals surface area contributed by atoms with Gasteiger partial charge in [0.1, 0.15) is 0 Å². The van der Waals surface area contributed by atoms with E-state index in [9.17, 15) is 29.7 Å². The zero-order valence-corrected chi connectivity index (χ0v) is 37.6. The van der Waals surface area contributed by atoms with Gasteiger partial charge in [-0.3, -0.25) is 19.3 Å². The van der Waals surface area contributed by atoms with Crippen LogP contribution in [-0.4, -0.2) is 95.5 Å². The van der Waals surface area contributed by atoms with Crippen LogP contribution < -0.4 is 16.0 Å². The van der Waals surface area contributed by atoms with Crippen LogP contribution in [0, 0.1) is 0 Å². The Morgan fingerprint density at radius 2 is 0.702 bits per heavy atom. The van der Waals surface area contributed by atoms with Crippen molar-refractivity contribution >= 4 is 17.7 Å². The molecule has 6 N–H and O–H groups in total. The molecule has 0 aromatic rings. The van der Waals surface area contributed by atoms with E-state index in [-0.39, 0.29) is 36.4 Å². The summed E-state index contributed by atoms with van der Waals surface area (Å²) in [5, 5.41) is 39.0. The molecule has 0 aliphatic heterocycles. The minimum absolute atomic E-state index is 0.0710. The van der Waals surface area contributed by atoms with Crippen LogP contribution in [0.3, 0.4) is 0 Å². The molecule has 0 rings (SSSR count). The molecule has 3 atom stereocenters. The monoisotopic (exact) mass is 811 g/mol. The van der Waals surface area contributed by atoms with Gasteiger partial charge in [0.15, 0.2) is 0 Å². The highest BCUT2D eigenvalue weighted by Crippen LogP contribution is 2.16. The largest absolute Gasteiger partial charge is 0.393 e. The van der Waals surface area contributed by atoms with Gasteiger partial charge in [0.25, 0.3) is 0 Å². The van der Waals surface area contributed by atoms with E-state index < -0.39 is 6.10 Å². The first kappa shape index (κ1) is 55.2. The Morgan fingerprint density at radius 3 is 1.04 bits per heavy atom. The first-order chi connectivity index (χ1) is 27.7. The summed E-state index contributed by atoms with van der Waals surface area (Å²) in [4.78, 5) is 39.4. The fraction of sp³-hybridized carbons (Fsp3) is 0.936. The zero-order chi connectivity index (χ0) is 42.0. The van der Waals surface area contributed by atoms with Crippen molar-refractivity contribution in [3.63, 3.8) is 0 Å². The molecular formula is C47H94N4O6. The molecule has 0 saturated heterocycles. The number of nitrogens with zero attached hydrogens (tertiary/aromatic N) is 1. The van der Waals surface area contributed by atoms with Gasteiger partial charge in [0, 0.05) is 52.1 Å². The third-order valence-corrected chi connectivity index (χ3v) is 11.3. The van der Waals surface area contributed by atoms with E-state index in [1.54, 1.807) is 0 Å². The van der Waals surface area contributed by atoms with Gasteiger partial charge in [-0.25, -0.2) is 0 Å². The smallest absolute Gasteiger partial charge is 0.222 e. The maximum Gasteiger partial charge on any atom is 0.222 e. The summed E-state index contributed by atoms with van der Waals surface area (Å²) in [6, 6.07) is 0. The molecule has 0 heterocycles. The summed E-state index contributed by atoms with van der Waals surface area (Å²) >= 11 is 0. The normalized spacial score (nSPS) is 13.1. The van der Waals surface area contributed by atoms with Gasteiger partial charge in [0.05, 0.1) is 24.7 Å². The first-order valence-electron chi connectivity index (χ1n) is 24.3. The van der Waals surface area contributed by atoms with Gasteiger partial charge in [-0.15, -0.1) is 0 Å². The van der Waals surface area contributed by atoms with E-state index in [0.29, 0.717) is 58.5 Å². The average Bonchev–Trinajstić information content (AvgIpc) is 3.19. The Hall–Kier alpha value is -1.75. The van der Waals surface area contributed by atoms with Crippen LogP contribution in [0.4, 0.5) is 0 Å². The van der Waals surface area contributed by atoms with E-state index in [4.69, 9.17) is 0 Å². The minimum Gasteiger partial charge on any atom is -0.393 e. The Labute approximate surface area is 351 Å². The van der Waals surface area contributed by atoms with Crippen molar-refractivity contribution < 1.29 is 29.7 Å². The van der Waals surface area contributed by atoms with Crippen LogP contribution in [0.5, 0.6) is 0 Å². The number of unbranched alkanes of at least 4 members (excludes halogenated alkanes) is 20. The Balaban J connectivity index is 4.13. The number of amides is 3. The molecule has 0 aliphatic carbocycles. The summed E-state index contributed by atoms with van der Waals surface area (Å²) in [6.45, 7) is 9.61. The highest BCUT2D eigenvalue weighted by Gasteiger charge is 2.12. The van der Waals surface area contributed by atoms with Crippen LogP contribution in [-0.2, 0) is 14.4 Å². The van der Waals surface area contributed by atoms with Crippen LogP contribution in [0.2, 0.25) is 0 Å². The number of rotatable bonds is 44. The Kier molecular flexibility index (Phi) is 41.1. The average molecular weight is 811 g/mol. The molecule has 57 heavy (non-hydrogen) atoms. The SMILES string of the molecule is CCCCCCC(O)CCCCCCCCCCC(=O)NCCN(CCNC(=O)CCCCCCCCCCC(O)CCCCCC)CCNC(=O)CC(O)CC. The summed E-state index contributed by atoms with van der Waals surface area (Å²) < 4.78 is 0. The molecule has 0 radical (unpaired) electrons. The molecule has 10 nitrogen and oxygen atoms in total. The summed E-state index contributed by atoms with van der Waals surface area (Å²) in [6.07, 6.45) is 32.5. The van der Waals surface area contributed by atoms with Gasteiger partial charge >= 0.3 is 0 Å². The topological polar surface area (TPSA) is 151 Å². The maximum absolute atomic E-state index is 12.5. The molecule has 3 amide bonds. The van der Waals surface area contributed by atoms with Crippen molar-refractivity contribution in [2.75, 3.05) is 39.3 Å². The van der Waals surface area contributed by atoms with Crippen molar-refractivity contribution in [1.29, 1.82) is 0 Å². The molecule has 0 spiro atoms. The fourth-order valence-corrected chi connectivity index (χ4v) is 7.36. The molecule has 3 unspecified atom stereocenters. The Bertz CT molecular complexity index is 853. The van der Waals surface area contributed by atoms with Crippen LogP contribution >= 0.6 is 0 Å². The van der Waals surface area contributed by atoms with Gasteiger partial charge in [0.2, 0.25) is 17.7 Å². The van der Waals surface area contributed by atoms with E-state index in [1.165, 1.54) is 89.9 Å². The van der Waals surface area contributed by atoms with Crippen LogP contribution in [0.15, 0.2) is 0 Å². The van der Waals surface area contributed by atoms with Gasteiger partial charge < -0.3 is 31.3 Å². The van der Waals surface area contributed by atoms with Crippen LogP contribution in [0.1, 0.15) is 226 Å². The number of carbonyl (C=O) groups is 3. The number of nitrogens with one attached hydrogen (secondary N) is 3. The lowest BCUT2D eigenvalue weighted by Gasteiger charge is -2.23. The third kappa shape index (κ3) is 40.8. The molecule has 0 fully saturated rings. The Morgan fingerprint density at radius 1 is 0.404 bits per heavy atom. The lowest BCUT2D eigenvalue weighted by atomic mass is 10.0. The summed E-state index contributed by atoms with van der Waals surface area (Å²) in [7, 11) is 0. The van der Waals surface area contributed by atoms with Gasteiger partial charge in [-0.2, -0.15) is 0 Å². The predicted molar refractivity (Wildman–Crippen MR) is 238 cm³/mol. The van der Waals surface area contributed by atoms with Crippen molar-refractivity contribution in [3.05, 3.63) is 0 Å². The number of carbonyl (C=O) groups excluding carboxylic acids is 3. The van der Waals surface area contributed by atoms with Crippen molar-refractivity contribution in [1.82, 2.24) is 20.9 Å². The quantitative estimate of drug-likeness (QED) is 0.0336. The van der Waals surface area contributed by atoms with Crippen molar-refractivity contribution in [3.8, 4) is 0 Å². The highest BCUT2D eigenvalue weighted by molar-refractivity contribution is 5.76. The minimum atomic E-state index is -0.632. The maximum atomic E-state index is 12.5. The van der Waals surface area contributed by atoms with Gasteiger partial charge in [-0.1, -0.05) is 162 Å². The van der Waals surface area contributed by atoms with E-state index in [0.717, 1.165) is 89.9 Å². The molecule has 338 valence electrons. The van der Waals surface area contributed by atoms with E-state index in [2.05, 4.69) is 34.7 Å². The molecule has 0 saturated carbocycles. The van der Waals surface area contributed by atoms with Crippen molar-refractivity contribution in [2.24, 2.45) is 0 Å². The highest BCUT2D eigenvalue weighted by atomic mass is 16.3. The van der Waals surface area contributed by atoms with E-state index in [1.807, 2.05) is 6.92 Å². The van der Waals surface area contributed by atoms with Crippen molar-refractivity contribution in [2.45, 2.75) is 245 Å². The van der Waals surface area contributed by atoms with Crippen LogP contribution in [0.25, 0.3) is 0 Å². The molecule has 10 heteroatoms. The molecule has 0 aromatic carbocycles.